The zero-order chi connectivity index (χ0) is 18.5. The molecule has 3 aliphatic carbocycles. The predicted octanol–water partition coefficient (Wildman–Crippen LogP) is 5.38. The Hall–Kier alpha value is -1.61. The number of hydrogen-bond acceptors (Lipinski definition) is 3. The minimum atomic E-state index is -0.415. The summed E-state index contributed by atoms with van der Waals surface area (Å²) in [6.07, 6.45) is 6.43. The second-order valence-electron chi connectivity index (χ2n) is 9.43. The van der Waals surface area contributed by atoms with Gasteiger partial charge in [0.2, 0.25) is 0 Å². The molecule has 140 valence electrons. The van der Waals surface area contributed by atoms with E-state index in [1.165, 1.54) is 19.3 Å². The number of rotatable bonds is 3. The van der Waals surface area contributed by atoms with Crippen LogP contribution in [0.2, 0.25) is 0 Å². The summed E-state index contributed by atoms with van der Waals surface area (Å²) in [4.78, 5) is 4.47. The fourth-order valence-corrected chi connectivity index (χ4v) is 5.69. The van der Waals surface area contributed by atoms with E-state index >= 15 is 0 Å². The second-order valence-corrected chi connectivity index (χ2v) is 9.43. The lowest BCUT2D eigenvalue weighted by atomic mass is 9.53. The first-order valence-corrected chi connectivity index (χ1v) is 9.99. The van der Waals surface area contributed by atoms with Gasteiger partial charge in [0.05, 0.1) is 18.7 Å². The summed E-state index contributed by atoms with van der Waals surface area (Å²) in [6, 6.07) is 7.92. The van der Waals surface area contributed by atoms with Crippen molar-refractivity contribution >= 4 is 10.9 Å². The van der Waals surface area contributed by atoms with Gasteiger partial charge in [-0.3, -0.25) is 4.98 Å². The van der Waals surface area contributed by atoms with Crippen LogP contribution >= 0.6 is 0 Å². The molecule has 0 saturated heterocycles. The molecule has 3 nitrogen and oxygen atoms in total. The maximum Gasteiger partial charge on any atom is 0.119 e. The van der Waals surface area contributed by atoms with Crippen LogP contribution in [0.5, 0.6) is 5.75 Å². The van der Waals surface area contributed by atoms with Crippen LogP contribution in [-0.4, -0.2) is 17.2 Å². The van der Waals surface area contributed by atoms with Crippen molar-refractivity contribution in [2.24, 2.45) is 29.1 Å². The minimum absolute atomic E-state index is 0.365. The number of hydrogen-bond donors (Lipinski definition) is 1. The third-order valence-corrected chi connectivity index (χ3v) is 7.03. The Balaban J connectivity index is 1.65. The summed E-state index contributed by atoms with van der Waals surface area (Å²) in [6.45, 7) is 7.14. The van der Waals surface area contributed by atoms with Crippen molar-refractivity contribution in [2.45, 2.75) is 52.6 Å². The van der Waals surface area contributed by atoms with Crippen molar-refractivity contribution in [3.05, 3.63) is 36.0 Å². The van der Waals surface area contributed by atoms with Crippen LogP contribution in [0, 0.1) is 29.1 Å². The van der Waals surface area contributed by atoms with Crippen molar-refractivity contribution in [1.82, 2.24) is 4.98 Å². The van der Waals surface area contributed by atoms with Crippen LogP contribution in [0.1, 0.15) is 58.1 Å². The Morgan fingerprint density at radius 3 is 2.54 bits per heavy atom. The molecule has 1 aromatic carbocycles. The fraction of sp³-hybridized carbons (Fsp3) is 0.609. The number of aliphatic hydroxyl groups is 1. The van der Waals surface area contributed by atoms with Gasteiger partial charge in [-0.2, -0.15) is 0 Å². The van der Waals surface area contributed by atoms with Gasteiger partial charge in [0.15, 0.2) is 0 Å². The molecule has 1 N–H and O–H groups in total. The molecule has 3 heteroatoms. The maximum absolute atomic E-state index is 11.3. The first-order valence-electron chi connectivity index (χ1n) is 9.99. The lowest BCUT2D eigenvalue weighted by molar-refractivity contribution is -0.0623. The third-order valence-electron chi connectivity index (χ3n) is 7.03. The van der Waals surface area contributed by atoms with Gasteiger partial charge in [0.1, 0.15) is 5.75 Å². The van der Waals surface area contributed by atoms with Crippen LogP contribution in [0.4, 0.5) is 0 Å². The predicted molar refractivity (Wildman–Crippen MR) is 105 cm³/mol. The number of aliphatic hydroxyl groups excluding tert-OH is 1. The molecule has 0 aliphatic heterocycles. The summed E-state index contributed by atoms with van der Waals surface area (Å²) in [5.41, 5.74) is 2.31. The molecule has 0 amide bonds. The molecular formula is C23H31NO2. The van der Waals surface area contributed by atoms with Crippen LogP contribution in [0.3, 0.4) is 0 Å². The fourth-order valence-electron chi connectivity index (χ4n) is 5.69. The molecule has 2 aromatic rings. The van der Waals surface area contributed by atoms with Crippen LogP contribution < -0.4 is 4.74 Å². The largest absolute Gasteiger partial charge is 0.497 e. The highest BCUT2D eigenvalue weighted by atomic mass is 16.5. The van der Waals surface area contributed by atoms with E-state index in [0.29, 0.717) is 17.3 Å². The molecule has 1 heterocycles. The normalized spacial score (nSPS) is 29.7. The van der Waals surface area contributed by atoms with Crippen molar-refractivity contribution in [3.8, 4) is 5.75 Å². The molecule has 2 bridgehead atoms. The lowest BCUT2D eigenvalue weighted by Crippen LogP contribution is -2.44. The van der Waals surface area contributed by atoms with Crippen molar-refractivity contribution < 1.29 is 9.84 Å². The van der Waals surface area contributed by atoms with E-state index in [9.17, 15) is 5.11 Å². The average Bonchev–Trinajstić information content (AvgIpc) is 2.66. The maximum atomic E-state index is 11.3. The molecule has 1 aromatic heterocycles. The molecule has 3 fully saturated rings. The summed E-state index contributed by atoms with van der Waals surface area (Å²) < 4.78 is 5.39. The van der Waals surface area contributed by atoms with E-state index in [0.717, 1.165) is 40.5 Å². The van der Waals surface area contributed by atoms with E-state index in [-0.39, 0.29) is 0 Å². The number of methoxy groups -OCH3 is 1. The zero-order valence-corrected chi connectivity index (χ0v) is 16.4. The van der Waals surface area contributed by atoms with E-state index in [4.69, 9.17) is 4.74 Å². The highest BCUT2D eigenvalue weighted by molar-refractivity contribution is 5.83. The Bertz CT molecular complexity index is 794. The molecule has 4 unspecified atom stereocenters. The monoisotopic (exact) mass is 353 g/mol. The third kappa shape index (κ3) is 3.00. The molecule has 0 radical (unpaired) electrons. The van der Waals surface area contributed by atoms with Gasteiger partial charge >= 0.3 is 0 Å². The Morgan fingerprint density at radius 2 is 1.88 bits per heavy atom. The van der Waals surface area contributed by atoms with Crippen molar-refractivity contribution in [1.29, 1.82) is 0 Å². The van der Waals surface area contributed by atoms with E-state index in [1.54, 1.807) is 7.11 Å². The standard InChI is InChI=1S/C23H31NO2/c1-23(2,3)20-12-14-5-6-15(20)11-18(14)22(25)17-9-10-24-21-8-7-16(26-4)13-19(17)21/h7-10,13-15,18,20,22,25H,5-6,11-12H2,1-4H3/t14?,15?,18?,20?,22-/m1/s1. The van der Waals surface area contributed by atoms with Crippen LogP contribution in [0.15, 0.2) is 30.5 Å². The molecule has 0 spiro atoms. The van der Waals surface area contributed by atoms with Crippen molar-refractivity contribution in [2.75, 3.05) is 7.11 Å². The SMILES string of the molecule is COc1ccc2nccc([C@@H](O)C3CC4CCC3CC4C(C)(C)C)c2c1. The quantitative estimate of drug-likeness (QED) is 0.806. The summed E-state index contributed by atoms with van der Waals surface area (Å²) >= 11 is 0. The highest BCUT2D eigenvalue weighted by Gasteiger charge is 2.47. The Morgan fingerprint density at radius 1 is 1.12 bits per heavy atom. The van der Waals surface area contributed by atoms with Gasteiger partial charge < -0.3 is 9.84 Å². The van der Waals surface area contributed by atoms with Crippen molar-refractivity contribution in [3.63, 3.8) is 0 Å². The zero-order valence-electron chi connectivity index (χ0n) is 16.4. The molecule has 5 rings (SSSR count). The minimum Gasteiger partial charge on any atom is -0.497 e. The smallest absolute Gasteiger partial charge is 0.119 e. The first-order chi connectivity index (χ1) is 12.4. The van der Waals surface area contributed by atoms with Gasteiger partial charge in [0.25, 0.3) is 0 Å². The van der Waals surface area contributed by atoms with Gasteiger partial charge in [0, 0.05) is 11.6 Å². The van der Waals surface area contributed by atoms with Gasteiger partial charge in [-0.15, -0.1) is 0 Å². The van der Waals surface area contributed by atoms with Gasteiger partial charge in [-0.1, -0.05) is 20.8 Å². The summed E-state index contributed by atoms with van der Waals surface area (Å²) in [5.74, 6) is 3.36. The first kappa shape index (κ1) is 17.8. The second kappa shape index (κ2) is 6.53. The van der Waals surface area contributed by atoms with Crippen LogP contribution in [-0.2, 0) is 0 Å². The van der Waals surface area contributed by atoms with E-state index < -0.39 is 6.10 Å². The molecule has 5 atom stereocenters. The number of benzene rings is 1. The lowest BCUT2D eigenvalue weighted by Gasteiger charge is -2.53. The Kier molecular flexibility index (Phi) is 4.46. The topological polar surface area (TPSA) is 42.4 Å². The van der Waals surface area contributed by atoms with Gasteiger partial charge in [-0.25, -0.2) is 0 Å². The number of ether oxygens (including phenoxy) is 1. The summed E-state index contributed by atoms with van der Waals surface area (Å²) in [7, 11) is 1.68. The number of nitrogens with zero attached hydrogens (tertiary/aromatic N) is 1. The molecule has 3 aliphatic rings. The molecular weight excluding hydrogens is 322 g/mol. The summed E-state index contributed by atoms with van der Waals surface area (Å²) in [5, 5.41) is 12.4. The molecule has 3 saturated carbocycles. The van der Waals surface area contributed by atoms with E-state index in [1.807, 2.05) is 30.5 Å². The Labute approximate surface area is 156 Å². The molecule has 26 heavy (non-hydrogen) atoms. The highest BCUT2D eigenvalue weighted by Crippen LogP contribution is 2.56. The number of fused-ring (bicyclic) bond motifs is 4. The van der Waals surface area contributed by atoms with Crippen LogP contribution in [0.25, 0.3) is 10.9 Å². The average molecular weight is 354 g/mol. The van der Waals surface area contributed by atoms with E-state index in [2.05, 4.69) is 25.8 Å². The number of pyridine rings is 1. The van der Waals surface area contributed by atoms with Gasteiger partial charge in [-0.05, 0) is 84.6 Å². The number of aromatic nitrogens is 1.